The molecule has 0 unspecified atom stereocenters. The van der Waals surface area contributed by atoms with E-state index in [4.69, 9.17) is 0 Å². The molecule has 0 saturated heterocycles. The zero-order valence-electron chi connectivity index (χ0n) is 8.39. The summed E-state index contributed by atoms with van der Waals surface area (Å²) in [4.78, 5) is 0. The normalized spacial score (nSPS) is 6.78. The minimum Gasteiger partial charge on any atom is -1.00 e. The van der Waals surface area contributed by atoms with Crippen LogP contribution in [0.1, 0.15) is 8.42 Å². The van der Waals surface area contributed by atoms with Gasteiger partial charge in [0.05, 0.1) is 0 Å². The molecule has 0 aliphatic heterocycles. The van der Waals surface area contributed by atoms with Gasteiger partial charge in [-0.15, -0.1) is 0 Å². The molecular weight excluding hydrogens is 98.0 g/mol. The van der Waals surface area contributed by atoms with Crippen LogP contribution >= 0.6 is 0 Å². The zero-order valence-corrected chi connectivity index (χ0v) is 6.39. The molecule has 0 spiro atoms. The first-order valence-electron chi connectivity index (χ1n) is 2.41. The van der Waals surface area contributed by atoms with Crippen LogP contribution in [0.25, 0.3) is 0 Å². The van der Waals surface area contributed by atoms with Crippen molar-refractivity contribution in [1.82, 2.24) is 0 Å². The third-order valence-electron chi connectivity index (χ3n) is 0.940. The molecule has 0 aliphatic rings. The summed E-state index contributed by atoms with van der Waals surface area (Å²) < 4.78 is 0. The molecule has 0 N–H and O–H groups in total. The molecule has 1 rings (SSSR count). The van der Waals surface area contributed by atoms with Crippen LogP contribution < -0.4 is 37.7 Å². The molecular formula is C7H10Li2. The molecule has 0 nitrogen and oxygen atoms in total. The Hall–Kier alpha value is 0.415. The molecule has 40 valence electrons. The van der Waals surface area contributed by atoms with Crippen molar-refractivity contribution in [2.75, 3.05) is 0 Å². The molecule has 0 amide bonds. The fourth-order valence-electron chi connectivity index (χ4n) is 0.534. The minimum absolute atomic E-state index is 0. The average Bonchev–Trinajstić information content (AvgIpc) is 1.69. The summed E-state index contributed by atoms with van der Waals surface area (Å²) in [5, 5.41) is 0. The molecule has 0 radical (unpaired) electrons. The predicted molar refractivity (Wildman–Crippen MR) is 33.4 cm³/mol. The van der Waals surface area contributed by atoms with Crippen molar-refractivity contribution >= 4 is 0 Å². The largest absolute Gasteiger partial charge is 1.00 e. The summed E-state index contributed by atoms with van der Waals surface area (Å²) in [6.07, 6.45) is 0. The molecule has 0 fully saturated rings. The average molecular weight is 108 g/mol. The SMILES string of the molecule is Cc1ccccc1.[H-].[H-].[Li+].[Li+]. The van der Waals surface area contributed by atoms with Crippen LogP contribution in [-0.2, 0) is 0 Å². The fraction of sp³-hybridized carbons (Fsp3) is 0.143. The number of hydrogen-bond donors (Lipinski definition) is 0. The first-order chi connectivity index (χ1) is 3.39. The van der Waals surface area contributed by atoms with E-state index in [-0.39, 0.29) is 40.6 Å². The van der Waals surface area contributed by atoms with Crippen molar-refractivity contribution in [3.63, 3.8) is 0 Å². The van der Waals surface area contributed by atoms with E-state index in [1.165, 1.54) is 5.56 Å². The Morgan fingerprint density at radius 1 is 1.00 bits per heavy atom. The van der Waals surface area contributed by atoms with Crippen molar-refractivity contribution in [2.45, 2.75) is 6.92 Å². The number of rotatable bonds is 0. The second-order valence-corrected chi connectivity index (χ2v) is 1.65. The van der Waals surface area contributed by atoms with Gasteiger partial charge >= 0.3 is 37.7 Å². The van der Waals surface area contributed by atoms with Crippen LogP contribution in [0.4, 0.5) is 0 Å². The Balaban J connectivity index is -0.0000000612. The van der Waals surface area contributed by atoms with E-state index in [9.17, 15) is 0 Å². The molecule has 0 heterocycles. The van der Waals surface area contributed by atoms with Crippen molar-refractivity contribution in [2.24, 2.45) is 0 Å². The third-order valence-corrected chi connectivity index (χ3v) is 0.940. The van der Waals surface area contributed by atoms with E-state index in [0.29, 0.717) is 0 Å². The Bertz CT molecular complexity index is 144. The number of benzene rings is 1. The van der Waals surface area contributed by atoms with Crippen LogP contribution in [0.2, 0.25) is 0 Å². The van der Waals surface area contributed by atoms with Crippen molar-refractivity contribution in [3.05, 3.63) is 35.9 Å². The monoisotopic (exact) mass is 108 g/mol. The van der Waals surface area contributed by atoms with Crippen LogP contribution in [0, 0.1) is 6.92 Å². The number of aryl methyl sites for hydroxylation is 1. The molecule has 0 aliphatic carbocycles. The smallest absolute Gasteiger partial charge is 1.00 e. The van der Waals surface area contributed by atoms with E-state index in [1.807, 2.05) is 18.2 Å². The van der Waals surface area contributed by atoms with Gasteiger partial charge < -0.3 is 2.85 Å². The zero-order chi connectivity index (χ0) is 5.11. The molecule has 1 aromatic rings. The van der Waals surface area contributed by atoms with E-state index in [0.717, 1.165) is 0 Å². The van der Waals surface area contributed by atoms with E-state index in [1.54, 1.807) is 0 Å². The van der Waals surface area contributed by atoms with Crippen LogP contribution in [0.15, 0.2) is 30.3 Å². The molecule has 0 aromatic heterocycles. The Morgan fingerprint density at radius 3 is 1.67 bits per heavy atom. The Kier molecular flexibility index (Phi) is 8.80. The van der Waals surface area contributed by atoms with Gasteiger partial charge in [0.1, 0.15) is 0 Å². The quantitative estimate of drug-likeness (QED) is 0.299. The van der Waals surface area contributed by atoms with Crippen LogP contribution in [0.5, 0.6) is 0 Å². The molecule has 1 aromatic carbocycles. The van der Waals surface area contributed by atoms with Gasteiger partial charge in [-0.3, -0.25) is 0 Å². The van der Waals surface area contributed by atoms with E-state index >= 15 is 0 Å². The maximum absolute atomic E-state index is 2.08. The molecule has 0 atom stereocenters. The van der Waals surface area contributed by atoms with Crippen LogP contribution in [-0.4, -0.2) is 0 Å². The second kappa shape index (κ2) is 6.53. The maximum Gasteiger partial charge on any atom is 1.00 e. The van der Waals surface area contributed by atoms with E-state index in [2.05, 4.69) is 19.1 Å². The Morgan fingerprint density at radius 2 is 1.44 bits per heavy atom. The first kappa shape index (κ1) is 12.1. The third kappa shape index (κ3) is 4.89. The van der Waals surface area contributed by atoms with Gasteiger partial charge in [-0.25, -0.2) is 0 Å². The summed E-state index contributed by atoms with van der Waals surface area (Å²) in [5.41, 5.74) is 1.32. The van der Waals surface area contributed by atoms with Gasteiger partial charge in [0, 0.05) is 0 Å². The van der Waals surface area contributed by atoms with Gasteiger partial charge in [-0.1, -0.05) is 35.9 Å². The molecule has 9 heavy (non-hydrogen) atoms. The molecule has 2 heteroatoms. The van der Waals surface area contributed by atoms with Crippen molar-refractivity contribution in [1.29, 1.82) is 0 Å². The van der Waals surface area contributed by atoms with Gasteiger partial charge in [-0.2, -0.15) is 0 Å². The van der Waals surface area contributed by atoms with Gasteiger partial charge in [0.2, 0.25) is 0 Å². The van der Waals surface area contributed by atoms with E-state index < -0.39 is 0 Å². The van der Waals surface area contributed by atoms with Crippen molar-refractivity contribution in [3.8, 4) is 0 Å². The summed E-state index contributed by atoms with van der Waals surface area (Å²) in [7, 11) is 0. The predicted octanol–water partition coefficient (Wildman–Crippen LogP) is -3.77. The van der Waals surface area contributed by atoms with Gasteiger partial charge in [-0.05, 0) is 6.92 Å². The topological polar surface area (TPSA) is 0 Å². The fourth-order valence-corrected chi connectivity index (χ4v) is 0.534. The molecule has 0 bridgehead atoms. The molecule has 0 saturated carbocycles. The summed E-state index contributed by atoms with van der Waals surface area (Å²) in [6, 6.07) is 10.3. The summed E-state index contributed by atoms with van der Waals surface area (Å²) in [5.74, 6) is 0. The maximum atomic E-state index is 2.08. The standard InChI is InChI=1S/C7H8.2Li.2H/c1-7-5-3-2-4-6-7;;;;/h2-6H,1H3;;;;/q;2*+1;2*-1. The summed E-state index contributed by atoms with van der Waals surface area (Å²) in [6.45, 7) is 2.08. The van der Waals surface area contributed by atoms with Crippen LogP contribution in [0.3, 0.4) is 0 Å². The van der Waals surface area contributed by atoms with Gasteiger partial charge in [0.15, 0.2) is 0 Å². The summed E-state index contributed by atoms with van der Waals surface area (Å²) >= 11 is 0. The minimum atomic E-state index is 0. The second-order valence-electron chi connectivity index (χ2n) is 1.65. The Labute approximate surface area is 83.4 Å². The first-order valence-corrected chi connectivity index (χ1v) is 2.41. The van der Waals surface area contributed by atoms with Gasteiger partial charge in [0.25, 0.3) is 0 Å². The van der Waals surface area contributed by atoms with Crippen molar-refractivity contribution < 1.29 is 40.6 Å². The number of hydrogen-bond acceptors (Lipinski definition) is 0.